The minimum atomic E-state index is 0. The van der Waals surface area contributed by atoms with Crippen molar-refractivity contribution in [2.24, 2.45) is 0 Å². The van der Waals surface area contributed by atoms with Gasteiger partial charge in [-0.2, -0.15) is 5.53 Å². The first-order valence-corrected chi connectivity index (χ1v) is 1.88. The lowest BCUT2D eigenvalue weighted by molar-refractivity contribution is 0.495. The number of halogens is 1. The van der Waals surface area contributed by atoms with Gasteiger partial charge in [0.1, 0.15) is 0 Å². The van der Waals surface area contributed by atoms with Crippen LogP contribution < -0.4 is 16.4 Å². The molecule has 42 valence electrons. The second-order valence-electron chi connectivity index (χ2n) is 1.05. The van der Waals surface area contributed by atoms with Crippen molar-refractivity contribution in [2.75, 3.05) is 6.54 Å². The molecular formula is C3H8ClN3. The summed E-state index contributed by atoms with van der Waals surface area (Å²) < 4.78 is 0. The molecule has 0 spiro atoms. The molecule has 0 aliphatic carbocycles. The topological polar surface area (TPSA) is 36.1 Å². The highest BCUT2D eigenvalue weighted by Gasteiger charge is 1.79. The molecule has 0 unspecified atom stereocenters. The Balaban J connectivity index is 0.000000360. The van der Waals surface area contributed by atoms with Gasteiger partial charge in [0.15, 0.2) is 0 Å². The Kier molecular flexibility index (Phi) is 3.78. The van der Waals surface area contributed by atoms with Crippen molar-refractivity contribution in [2.45, 2.75) is 0 Å². The molecular weight excluding hydrogens is 114 g/mol. The third kappa shape index (κ3) is 2.45. The Labute approximate surface area is 48.5 Å². The van der Waals surface area contributed by atoms with Crippen molar-refractivity contribution in [3.8, 4) is 0 Å². The molecule has 4 heteroatoms. The summed E-state index contributed by atoms with van der Waals surface area (Å²) >= 11 is 0. The molecule has 0 amide bonds. The Morgan fingerprint density at radius 3 is 2.43 bits per heavy atom. The van der Waals surface area contributed by atoms with Gasteiger partial charge >= 0.3 is 0 Å². The number of nitrogens with one attached hydrogen (secondary N) is 3. The largest absolute Gasteiger partial charge is 0.316 e. The molecule has 1 aliphatic rings. The van der Waals surface area contributed by atoms with E-state index in [1.54, 1.807) is 0 Å². The number of hydrogen-bond donors (Lipinski definition) is 3. The van der Waals surface area contributed by atoms with Crippen LogP contribution in [0.25, 0.3) is 0 Å². The van der Waals surface area contributed by atoms with Crippen molar-refractivity contribution in [1.82, 2.24) is 16.4 Å². The fourth-order valence-corrected chi connectivity index (χ4v) is 0.321. The van der Waals surface area contributed by atoms with Gasteiger partial charge in [0.2, 0.25) is 0 Å². The first-order chi connectivity index (χ1) is 3.00. The molecule has 0 fully saturated rings. The summed E-state index contributed by atoms with van der Waals surface area (Å²) in [5.74, 6) is 0. The molecule has 0 atom stereocenters. The Hall–Kier alpha value is -0.250. The fraction of sp³-hybridized carbons (Fsp3) is 0.333. The third-order valence-corrected chi connectivity index (χ3v) is 0.582. The number of hydrogen-bond acceptors (Lipinski definition) is 3. The zero-order valence-corrected chi connectivity index (χ0v) is 4.59. The lowest BCUT2D eigenvalue weighted by atomic mass is 10.6. The van der Waals surface area contributed by atoms with Crippen LogP contribution in [0.3, 0.4) is 0 Å². The van der Waals surface area contributed by atoms with Crippen LogP contribution in [0.5, 0.6) is 0 Å². The van der Waals surface area contributed by atoms with Crippen molar-refractivity contribution in [1.29, 1.82) is 0 Å². The van der Waals surface area contributed by atoms with Gasteiger partial charge in [-0.05, 0) is 0 Å². The maximum atomic E-state index is 2.84. The van der Waals surface area contributed by atoms with E-state index in [0.29, 0.717) is 0 Å². The van der Waals surface area contributed by atoms with Gasteiger partial charge in [-0.3, -0.25) is 0 Å². The standard InChI is InChI=1S/C3H7N3.ClH/c1-2-4-6-5-3-1;/h1-2,4-6H,3H2;1H. The summed E-state index contributed by atoms with van der Waals surface area (Å²) in [7, 11) is 0. The van der Waals surface area contributed by atoms with E-state index in [4.69, 9.17) is 0 Å². The zero-order valence-electron chi connectivity index (χ0n) is 3.77. The van der Waals surface area contributed by atoms with E-state index in [2.05, 4.69) is 16.4 Å². The first kappa shape index (κ1) is 6.75. The molecule has 0 saturated heterocycles. The Morgan fingerprint density at radius 2 is 2.29 bits per heavy atom. The van der Waals surface area contributed by atoms with Crippen molar-refractivity contribution in [3.63, 3.8) is 0 Å². The van der Waals surface area contributed by atoms with Gasteiger partial charge in [0.05, 0.1) is 0 Å². The zero-order chi connectivity index (χ0) is 4.24. The molecule has 3 N–H and O–H groups in total. The summed E-state index contributed by atoms with van der Waals surface area (Å²) in [5, 5.41) is 0. The highest BCUT2D eigenvalue weighted by Crippen LogP contribution is 1.64. The fourth-order valence-electron chi connectivity index (χ4n) is 0.321. The predicted molar refractivity (Wildman–Crippen MR) is 30.7 cm³/mol. The predicted octanol–water partition coefficient (Wildman–Crippen LogP) is -0.466. The number of hydrazine groups is 2. The van der Waals surface area contributed by atoms with Crippen LogP contribution in [0, 0.1) is 0 Å². The minimum Gasteiger partial charge on any atom is -0.316 e. The van der Waals surface area contributed by atoms with Crippen LogP contribution in [0.15, 0.2) is 12.3 Å². The van der Waals surface area contributed by atoms with Crippen molar-refractivity contribution >= 4 is 12.4 Å². The molecule has 0 aromatic heterocycles. The number of rotatable bonds is 0. The lowest BCUT2D eigenvalue weighted by Crippen LogP contribution is -2.43. The van der Waals surface area contributed by atoms with E-state index < -0.39 is 0 Å². The van der Waals surface area contributed by atoms with Crippen LogP contribution in [0.4, 0.5) is 0 Å². The first-order valence-electron chi connectivity index (χ1n) is 1.88. The summed E-state index contributed by atoms with van der Waals surface area (Å²) in [6.45, 7) is 0.896. The van der Waals surface area contributed by atoms with Crippen molar-refractivity contribution in [3.05, 3.63) is 12.3 Å². The quantitative estimate of drug-likeness (QED) is 0.406. The molecule has 1 heterocycles. The lowest BCUT2D eigenvalue weighted by Gasteiger charge is -2.07. The van der Waals surface area contributed by atoms with E-state index >= 15 is 0 Å². The van der Waals surface area contributed by atoms with Gasteiger partial charge in [0.25, 0.3) is 0 Å². The third-order valence-electron chi connectivity index (χ3n) is 0.582. The van der Waals surface area contributed by atoms with E-state index in [1.807, 2.05) is 12.3 Å². The SMILES string of the molecule is C1=CNNNC1.Cl. The van der Waals surface area contributed by atoms with Gasteiger partial charge in [-0.1, -0.05) is 6.08 Å². The van der Waals surface area contributed by atoms with Gasteiger partial charge in [-0.15, -0.1) is 12.4 Å². The molecule has 3 nitrogen and oxygen atoms in total. The molecule has 0 saturated carbocycles. The van der Waals surface area contributed by atoms with E-state index in [9.17, 15) is 0 Å². The van der Waals surface area contributed by atoms with Crippen LogP contribution in [0.1, 0.15) is 0 Å². The van der Waals surface area contributed by atoms with Crippen LogP contribution >= 0.6 is 12.4 Å². The van der Waals surface area contributed by atoms with E-state index in [0.717, 1.165) is 6.54 Å². The second kappa shape index (κ2) is 3.92. The van der Waals surface area contributed by atoms with Crippen LogP contribution in [0.2, 0.25) is 0 Å². The van der Waals surface area contributed by atoms with Gasteiger partial charge < -0.3 is 5.43 Å². The molecule has 0 aromatic rings. The van der Waals surface area contributed by atoms with Crippen LogP contribution in [-0.4, -0.2) is 6.54 Å². The molecule has 0 radical (unpaired) electrons. The maximum Gasteiger partial charge on any atom is 0.0315 e. The van der Waals surface area contributed by atoms with Crippen LogP contribution in [-0.2, 0) is 0 Å². The summed E-state index contributed by atoms with van der Waals surface area (Å²) in [6.07, 6.45) is 3.83. The normalized spacial score (nSPS) is 17.1. The Morgan fingerprint density at radius 1 is 1.43 bits per heavy atom. The van der Waals surface area contributed by atoms with Gasteiger partial charge in [-0.25, -0.2) is 5.43 Å². The average molecular weight is 122 g/mol. The average Bonchev–Trinajstić information content (AvgIpc) is 1.72. The minimum absolute atomic E-state index is 0. The summed E-state index contributed by atoms with van der Waals surface area (Å²) in [5.41, 5.74) is 8.28. The van der Waals surface area contributed by atoms with E-state index in [1.165, 1.54) is 0 Å². The molecule has 1 rings (SSSR count). The molecule has 0 bridgehead atoms. The van der Waals surface area contributed by atoms with E-state index in [-0.39, 0.29) is 12.4 Å². The molecule has 1 aliphatic heterocycles. The monoisotopic (exact) mass is 121 g/mol. The van der Waals surface area contributed by atoms with Crippen molar-refractivity contribution < 1.29 is 0 Å². The van der Waals surface area contributed by atoms with Gasteiger partial charge in [0, 0.05) is 12.7 Å². The highest BCUT2D eigenvalue weighted by molar-refractivity contribution is 5.85. The molecule has 7 heavy (non-hydrogen) atoms. The Bertz CT molecular complexity index is 55.2. The smallest absolute Gasteiger partial charge is 0.0315 e. The summed E-state index contributed by atoms with van der Waals surface area (Å²) in [4.78, 5) is 0. The molecule has 0 aromatic carbocycles. The maximum absolute atomic E-state index is 2.84. The summed E-state index contributed by atoms with van der Waals surface area (Å²) in [6, 6.07) is 0. The second-order valence-corrected chi connectivity index (χ2v) is 1.05. The highest BCUT2D eigenvalue weighted by atomic mass is 35.5.